The van der Waals surface area contributed by atoms with Gasteiger partial charge in [0.25, 0.3) is 0 Å². The van der Waals surface area contributed by atoms with Crippen LogP contribution in [-0.4, -0.2) is 34.5 Å². The molecule has 0 aliphatic carbocycles. The lowest BCUT2D eigenvalue weighted by Gasteiger charge is -2.23. The van der Waals surface area contributed by atoms with E-state index >= 15 is 0 Å². The van der Waals surface area contributed by atoms with Crippen molar-refractivity contribution >= 4 is 27.8 Å². The van der Waals surface area contributed by atoms with Crippen molar-refractivity contribution in [3.8, 4) is 0 Å². The summed E-state index contributed by atoms with van der Waals surface area (Å²) in [5.41, 5.74) is 1.11. The molecule has 5 heteroatoms. The molecule has 1 aromatic carbocycles. The van der Waals surface area contributed by atoms with Gasteiger partial charge in [-0.15, -0.1) is 0 Å². The van der Waals surface area contributed by atoms with Gasteiger partial charge in [0.2, 0.25) is 5.91 Å². The predicted molar refractivity (Wildman–Crippen MR) is 79.5 cm³/mol. The third-order valence-corrected chi connectivity index (χ3v) is 4.12. The number of benzene rings is 1. The van der Waals surface area contributed by atoms with Crippen LogP contribution in [0.2, 0.25) is 0 Å². The van der Waals surface area contributed by atoms with Crippen molar-refractivity contribution in [1.29, 1.82) is 0 Å². The number of likely N-dealkylation sites (tertiary alicyclic amines) is 1. The minimum absolute atomic E-state index is 0.0582. The minimum Gasteiger partial charge on any atom is -0.481 e. The van der Waals surface area contributed by atoms with E-state index in [0.717, 1.165) is 22.9 Å². The van der Waals surface area contributed by atoms with Crippen molar-refractivity contribution in [3.63, 3.8) is 0 Å². The van der Waals surface area contributed by atoms with Crippen LogP contribution in [0.4, 0.5) is 0 Å². The van der Waals surface area contributed by atoms with Gasteiger partial charge in [0.05, 0.1) is 6.42 Å². The van der Waals surface area contributed by atoms with Crippen LogP contribution < -0.4 is 0 Å². The monoisotopic (exact) mass is 339 g/mol. The van der Waals surface area contributed by atoms with Gasteiger partial charge in [0.15, 0.2) is 0 Å². The van der Waals surface area contributed by atoms with Crippen molar-refractivity contribution in [3.05, 3.63) is 34.3 Å². The molecular formula is C15H18BrNO3. The maximum atomic E-state index is 12.2. The molecule has 0 spiro atoms. The smallest absolute Gasteiger partial charge is 0.305 e. The van der Waals surface area contributed by atoms with Crippen molar-refractivity contribution < 1.29 is 14.7 Å². The summed E-state index contributed by atoms with van der Waals surface area (Å²) < 4.78 is 1.01. The fourth-order valence-corrected chi connectivity index (χ4v) is 3.11. The van der Waals surface area contributed by atoms with E-state index in [9.17, 15) is 9.59 Å². The highest BCUT2D eigenvalue weighted by molar-refractivity contribution is 9.10. The van der Waals surface area contributed by atoms with Gasteiger partial charge in [-0.1, -0.05) is 28.1 Å². The molecule has 1 heterocycles. The fraction of sp³-hybridized carbons (Fsp3) is 0.467. The zero-order valence-corrected chi connectivity index (χ0v) is 12.8. The largest absolute Gasteiger partial charge is 0.481 e. The number of hydrogen-bond acceptors (Lipinski definition) is 2. The molecule has 0 radical (unpaired) electrons. The highest BCUT2D eigenvalue weighted by Crippen LogP contribution is 2.22. The Kier molecular flexibility index (Phi) is 5.17. The second-order valence-corrected chi connectivity index (χ2v) is 6.03. The van der Waals surface area contributed by atoms with E-state index in [0.29, 0.717) is 19.4 Å². The Bertz CT molecular complexity index is 504. The Balaban J connectivity index is 1.89. The van der Waals surface area contributed by atoms with E-state index in [1.807, 2.05) is 24.3 Å². The Hall–Kier alpha value is -1.36. The van der Waals surface area contributed by atoms with Crippen molar-refractivity contribution in [2.24, 2.45) is 0 Å². The fourth-order valence-electron chi connectivity index (χ4n) is 2.67. The molecule has 4 nitrogen and oxygen atoms in total. The van der Waals surface area contributed by atoms with E-state index in [1.165, 1.54) is 0 Å². The summed E-state index contributed by atoms with van der Waals surface area (Å²) in [5, 5.41) is 8.87. The third kappa shape index (κ3) is 4.07. The Morgan fingerprint density at radius 3 is 2.90 bits per heavy atom. The van der Waals surface area contributed by atoms with Crippen LogP contribution in [0.1, 0.15) is 31.2 Å². The third-order valence-electron chi connectivity index (χ3n) is 3.62. The molecule has 1 N–H and O–H groups in total. The molecule has 1 aliphatic rings. The van der Waals surface area contributed by atoms with E-state index < -0.39 is 5.97 Å². The number of rotatable bonds is 5. The topological polar surface area (TPSA) is 57.6 Å². The summed E-state index contributed by atoms with van der Waals surface area (Å²) >= 11 is 3.41. The zero-order valence-electron chi connectivity index (χ0n) is 11.2. The van der Waals surface area contributed by atoms with E-state index in [2.05, 4.69) is 15.9 Å². The molecule has 1 amide bonds. The highest BCUT2D eigenvalue weighted by atomic mass is 79.9. The maximum Gasteiger partial charge on any atom is 0.305 e. The van der Waals surface area contributed by atoms with Gasteiger partial charge in [-0.05, 0) is 37.0 Å². The van der Waals surface area contributed by atoms with Crippen molar-refractivity contribution in [2.45, 2.75) is 38.1 Å². The number of carbonyl (C=O) groups excluding carboxylic acids is 1. The van der Waals surface area contributed by atoms with Gasteiger partial charge in [-0.3, -0.25) is 9.59 Å². The van der Waals surface area contributed by atoms with E-state index in [4.69, 9.17) is 5.11 Å². The summed E-state index contributed by atoms with van der Waals surface area (Å²) in [6, 6.07) is 7.78. The SMILES string of the molecule is O=C(O)CC1CCCN1C(=O)CCc1cccc(Br)c1. The Labute approximate surface area is 126 Å². The standard InChI is InChI=1S/C15H18BrNO3/c16-12-4-1-3-11(9-12)6-7-14(18)17-8-2-5-13(17)10-15(19)20/h1,3-4,9,13H,2,5-8,10H2,(H,19,20). The minimum atomic E-state index is -0.832. The van der Waals surface area contributed by atoms with E-state index in [-0.39, 0.29) is 18.4 Å². The molecule has 1 aromatic rings. The second-order valence-electron chi connectivity index (χ2n) is 5.11. The molecule has 1 fully saturated rings. The molecular weight excluding hydrogens is 322 g/mol. The Morgan fingerprint density at radius 2 is 2.20 bits per heavy atom. The van der Waals surface area contributed by atoms with Crippen LogP contribution in [0.5, 0.6) is 0 Å². The average Bonchev–Trinajstić information content (AvgIpc) is 2.83. The van der Waals surface area contributed by atoms with Gasteiger partial charge < -0.3 is 10.0 Å². The first-order valence-electron chi connectivity index (χ1n) is 6.82. The number of hydrogen-bond donors (Lipinski definition) is 1. The number of carboxylic acid groups (broad SMARTS) is 1. The van der Waals surface area contributed by atoms with Gasteiger partial charge in [-0.2, -0.15) is 0 Å². The molecule has 1 atom stereocenters. The molecule has 1 unspecified atom stereocenters. The summed E-state index contributed by atoms with van der Waals surface area (Å²) in [6.07, 6.45) is 2.89. The first-order chi connectivity index (χ1) is 9.56. The molecule has 0 aromatic heterocycles. The highest BCUT2D eigenvalue weighted by Gasteiger charge is 2.29. The number of amides is 1. The van der Waals surface area contributed by atoms with Crippen molar-refractivity contribution in [2.75, 3.05) is 6.54 Å². The summed E-state index contributed by atoms with van der Waals surface area (Å²) in [5.74, 6) is -0.768. The molecule has 0 saturated carbocycles. The van der Waals surface area contributed by atoms with Gasteiger partial charge in [0.1, 0.15) is 0 Å². The summed E-state index contributed by atoms with van der Waals surface area (Å²) in [4.78, 5) is 24.8. The van der Waals surface area contributed by atoms with E-state index in [1.54, 1.807) is 4.90 Å². The average molecular weight is 340 g/mol. The van der Waals surface area contributed by atoms with Gasteiger partial charge in [0, 0.05) is 23.5 Å². The number of aliphatic carboxylic acids is 1. The van der Waals surface area contributed by atoms with Crippen LogP contribution in [0.25, 0.3) is 0 Å². The van der Waals surface area contributed by atoms with Crippen LogP contribution in [0, 0.1) is 0 Å². The van der Waals surface area contributed by atoms with Crippen LogP contribution in [-0.2, 0) is 16.0 Å². The number of aryl methyl sites for hydroxylation is 1. The lowest BCUT2D eigenvalue weighted by molar-refractivity contribution is -0.139. The van der Waals surface area contributed by atoms with Gasteiger partial charge >= 0.3 is 5.97 Å². The first kappa shape index (κ1) is 15.0. The van der Waals surface area contributed by atoms with Crippen LogP contribution >= 0.6 is 15.9 Å². The second kappa shape index (κ2) is 6.88. The normalized spacial score (nSPS) is 18.2. The summed E-state index contributed by atoms with van der Waals surface area (Å²) in [7, 11) is 0. The van der Waals surface area contributed by atoms with Crippen LogP contribution in [0.3, 0.4) is 0 Å². The number of nitrogens with zero attached hydrogens (tertiary/aromatic N) is 1. The molecule has 108 valence electrons. The van der Waals surface area contributed by atoms with Gasteiger partial charge in [-0.25, -0.2) is 0 Å². The number of halogens is 1. The molecule has 20 heavy (non-hydrogen) atoms. The summed E-state index contributed by atoms with van der Waals surface area (Å²) in [6.45, 7) is 0.690. The lowest BCUT2D eigenvalue weighted by atomic mass is 10.1. The predicted octanol–water partition coefficient (Wildman–Crippen LogP) is 2.85. The number of carbonyl (C=O) groups is 2. The van der Waals surface area contributed by atoms with Crippen LogP contribution in [0.15, 0.2) is 28.7 Å². The quantitative estimate of drug-likeness (QED) is 0.897. The first-order valence-corrected chi connectivity index (χ1v) is 7.61. The maximum absolute atomic E-state index is 12.2. The lowest BCUT2D eigenvalue weighted by Crippen LogP contribution is -2.36. The van der Waals surface area contributed by atoms with Crippen molar-refractivity contribution in [1.82, 2.24) is 4.90 Å². The Morgan fingerprint density at radius 1 is 1.40 bits per heavy atom. The number of carboxylic acids is 1. The zero-order chi connectivity index (χ0) is 14.5. The molecule has 0 bridgehead atoms. The molecule has 1 aliphatic heterocycles. The molecule has 1 saturated heterocycles. The molecule has 2 rings (SSSR count).